The Labute approximate surface area is 121 Å². The minimum absolute atomic E-state index is 0.0636. The van der Waals surface area contributed by atoms with Gasteiger partial charge in [0, 0.05) is 5.56 Å². The molecule has 0 aliphatic heterocycles. The maximum atomic E-state index is 13.0. The highest BCUT2D eigenvalue weighted by Crippen LogP contribution is 2.15. The van der Waals surface area contributed by atoms with E-state index in [2.05, 4.69) is 5.10 Å². The molecule has 0 aromatic heterocycles. The van der Waals surface area contributed by atoms with E-state index in [4.69, 9.17) is 0 Å². The Bertz CT molecular complexity index is 771. The Hall–Kier alpha value is -2.41. The first-order valence-electron chi connectivity index (χ1n) is 5.98. The molecule has 2 aromatic carbocycles. The van der Waals surface area contributed by atoms with Crippen LogP contribution in [0.25, 0.3) is 0 Å². The summed E-state index contributed by atoms with van der Waals surface area (Å²) in [6, 6.07) is 9.51. The molecule has 0 heterocycles. The lowest BCUT2D eigenvalue weighted by Gasteiger charge is -2.04. The largest absolute Gasteiger partial charge is 0.507 e. The lowest BCUT2D eigenvalue weighted by Crippen LogP contribution is -2.18. The van der Waals surface area contributed by atoms with Gasteiger partial charge in [0.25, 0.3) is 10.0 Å². The fraction of sp³-hybridized carbons (Fsp3) is 0.0714. The van der Waals surface area contributed by atoms with Gasteiger partial charge in [0.15, 0.2) is 0 Å². The van der Waals surface area contributed by atoms with Crippen molar-refractivity contribution >= 4 is 16.2 Å². The fourth-order valence-corrected chi connectivity index (χ4v) is 2.36. The van der Waals surface area contributed by atoms with Gasteiger partial charge in [0.1, 0.15) is 11.6 Å². The van der Waals surface area contributed by atoms with E-state index in [1.807, 2.05) is 11.8 Å². The van der Waals surface area contributed by atoms with E-state index in [9.17, 15) is 17.9 Å². The monoisotopic (exact) mass is 308 g/mol. The van der Waals surface area contributed by atoms with Gasteiger partial charge in [-0.15, -0.1) is 0 Å². The third-order valence-corrected chi connectivity index (χ3v) is 3.94. The zero-order valence-corrected chi connectivity index (χ0v) is 11.9. The van der Waals surface area contributed by atoms with Gasteiger partial charge in [-0.25, -0.2) is 9.22 Å². The number of halogens is 1. The summed E-state index contributed by atoms with van der Waals surface area (Å²) in [6.45, 7) is 1.84. The Morgan fingerprint density at radius 3 is 2.52 bits per heavy atom. The number of phenols is 1. The zero-order valence-electron chi connectivity index (χ0n) is 11.1. The molecule has 5 nitrogen and oxygen atoms in total. The summed E-state index contributed by atoms with van der Waals surface area (Å²) in [4.78, 5) is 2.06. The Kier molecular flexibility index (Phi) is 4.23. The van der Waals surface area contributed by atoms with Crippen molar-refractivity contribution in [1.82, 2.24) is 4.83 Å². The van der Waals surface area contributed by atoms with Gasteiger partial charge in [-0.1, -0.05) is 17.7 Å². The molecular weight excluding hydrogens is 295 g/mol. The van der Waals surface area contributed by atoms with Gasteiger partial charge in [0.2, 0.25) is 0 Å². The molecule has 2 aromatic rings. The topological polar surface area (TPSA) is 78.8 Å². The summed E-state index contributed by atoms with van der Waals surface area (Å²) >= 11 is 0. The molecule has 0 fully saturated rings. The number of sulfonamides is 1. The van der Waals surface area contributed by atoms with Crippen molar-refractivity contribution in [2.45, 2.75) is 11.8 Å². The normalized spacial score (nSPS) is 11.7. The summed E-state index contributed by atoms with van der Waals surface area (Å²) in [5, 5.41) is 13.0. The van der Waals surface area contributed by atoms with Crippen LogP contribution < -0.4 is 4.83 Å². The number of aryl methyl sites for hydroxylation is 1. The van der Waals surface area contributed by atoms with Crippen molar-refractivity contribution in [2.75, 3.05) is 0 Å². The molecule has 0 unspecified atom stereocenters. The molecule has 0 aliphatic carbocycles. The van der Waals surface area contributed by atoms with E-state index in [1.54, 1.807) is 12.1 Å². The third-order valence-electron chi connectivity index (χ3n) is 2.70. The second kappa shape index (κ2) is 5.92. The Morgan fingerprint density at radius 1 is 1.19 bits per heavy atom. The highest BCUT2D eigenvalue weighted by Gasteiger charge is 2.11. The number of hydrogen-bond donors (Lipinski definition) is 2. The van der Waals surface area contributed by atoms with Crippen LogP contribution in [0.15, 0.2) is 52.5 Å². The molecule has 7 heteroatoms. The van der Waals surface area contributed by atoms with Crippen LogP contribution in [-0.2, 0) is 10.0 Å². The van der Waals surface area contributed by atoms with Crippen LogP contribution in [-0.4, -0.2) is 19.7 Å². The molecule has 0 saturated heterocycles. The average molecular weight is 308 g/mol. The van der Waals surface area contributed by atoms with Gasteiger partial charge in [-0.05, 0) is 37.3 Å². The first-order valence-corrected chi connectivity index (χ1v) is 7.47. The Balaban J connectivity index is 2.16. The zero-order chi connectivity index (χ0) is 15.5. The quantitative estimate of drug-likeness (QED) is 0.671. The summed E-state index contributed by atoms with van der Waals surface area (Å²) in [5.74, 6) is -0.759. The van der Waals surface area contributed by atoms with Crippen LogP contribution in [0.4, 0.5) is 4.39 Å². The number of nitrogens with one attached hydrogen (secondary N) is 1. The second-order valence-corrected chi connectivity index (χ2v) is 6.03. The number of phenolic OH excluding ortho intramolecular Hbond substituents is 1. The molecule has 0 radical (unpaired) electrons. The van der Waals surface area contributed by atoms with Crippen LogP contribution >= 0.6 is 0 Å². The molecule has 110 valence electrons. The van der Waals surface area contributed by atoms with E-state index in [1.165, 1.54) is 12.1 Å². The second-order valence-electron chi connectivity index (χ2n) is 4.37. The molecule has 0 atom stereocenters. The smallest absolute Gasteiger partial charge is 0.276 e. The van der Waals surface area contributed by atoms with Crippen molar-refractivity contribution in [3.8, 4) is 5.75 Å². The minimum Gasteiger partial charge on any atom is -0.507 e. The van der Waals surface area contributed by atoms with Crippen molar-refractivity contribution in [1.29, 1.82) is 0 Å². The average Bonchev–Trinajstić information content (AvgIpc) is 2.43. The molecule has 21 heavy (non-hydrogen) atoms. The van der Waals surface area contributed by atoms with Crippen LogP contribution in [0, 0.1) is 12.7 Å². The van der Waals surface area contributed by atoms with Gasteiger partial charge >= 0.3 is 0 Å². The van der Waals surface area contributed by atoms with Gasteiger partial charge in [-0.3, -0.25) is 0 Å². The highest BCUT2D eigenvalue weighted by atomic mass is 32.2. The Morgan fingerprint density at radius 2 is 1.86 bits per heavy atom. The summed E-state index contributed by atoms with van der Waals surface area (Å²) in [7, 11) is -3.79. The first kappa shape index (κ1) is 15.0. The van der Waals surface area contributed by atoms with Crippen molar-refractivity contribution in [3.63, 3.8) is 0 Å². The van der Waals surface area contributed by atoms with Crippen LogP contribution in [0.3, 0.4) is 0 Å². The number of hydrazone groups is 1. The minimum atomic E-state index is -3.79. The molecule has 2 rings (SSSR count). The van der Waals surface area contributed by atoms with Crippen molar-refractivity contribution in [2.24, 2.45) is 5.10 Å². The maximum Gasteiger partial charge on any atom is 0.276 e. The van der Waals surface area contributed by atoms with E-state index in [0.29, 0.717) is 0 Å². The lowest BCUT2D eigenvalue weighted by atomic mass is 10.2. The van der Waals surface area contributed by atoms with E-state index < -0.39 is 15.8 Å². The number of benzene rings is 2. The molecule has 0 aliphatic rings. The van der Waals surface area contributed by atoms with E-state index >= 15 is 0 Å². The lowest BCUT2D eigenvalue weighted by molar-refractivity contribution is 0.472. The van der Waals surface area contributed by atoms with Crippen LogP contribution in [0.2, 0.25) is 0 Å². The van der Waals surface area contributed by atoms with Gasteiger partial charge in [-0.2, -0.15) is 13.5 Å². The summed E-state index contributed by atoms with van der Waals surface area (Å²) in [5.41, 5.74) is 1.00. The SMILES string of the molecule is Cc1ccc(S(=O)(=O)N/N=C/c2cc(F)ccc2O)cc1. The predicted octanol–water partition coefficient (Wildman–Crippen LogP) is 2.15. The molecule has 0 saturated carbocycles. The van der Waals surface area contributed by atoms with Crippen LogP contribution in [0.1, 0.15) is 11.1 Å². The fourth-order valence-electron chi connectivity index (χ4n) is 1.56. The molecule has 0 spiro atoms. The van der Waals surface area contributed by atoms with Gasteiger partial charge in [0.05, 0.1) is 11.1 Å². The molecule has 0 bridgehead atoms. The highest BCUT2D eigenvalue weighted by molar-refractivity contribution is 7.89. The summed E-state index contributed by atoms with van der Waals surface area (Å²) < 4.78 is 36.8. The number of rotatable bonds is 4. The van der Waals surface area contributed by atoms with Crippen molar-refractivity contribution < 1.29 is 17.9 Å². The van der Waals surface area contributed by atoms with Gasteiger partial charge < -0.3 is 5.11 Å². The number of nitrogens with zero attached hydrogens (tertiary/aromatic N) is 1. The molecule has 0 amide bonds. The van der Waals surface area contributed by atoms with E-state index in [0.717, 1.165) is 30.0 Å². The van der Waals surface area contributed by atoms with Crippen molar-refractivity contribution in [3.05, 3.63) is 59.4 Å². The standard InChI is InChI=1S/C14H13FN2O3S/c1-10-2-5-13(6-3-10)21(19,20)17-16-9-11-8-12(15)4-7-14(11)18/h2-9,17-18H,1H3/b16-9+. The third kappa shape index (κ3) is 3.79. The molecular formula is C14H13FN2O3S. The predicted molar refractivity (Wildman–Crippen MR) is 77.2 cm³/mol. The maximum absolute atomic E-state index is 13.0. The molecule has 2 N–H and O–H groups in total. The van der Waals surface area contributed by atoms with E-state index in [-0.39, 0.29) is 16.2 Å². The first-order chi connectivity index (χ1) is 9.88. The summed E-state index contributed by atoms with van der Waals surface area (Å²) in [6.07, 6.45) is 1.03. The number of hydrogen-bond acceptors (Lipinski definition) is 4. The van der Waals surface area contributed by atoms with Crippen LogP contribution in [0.5, 0.6) is 5.75 Å². The number of aromatic hydroxyl groups is 1.